The molecule has 3 aliphatic rings. The Balaban J connectivity index is 1.34. The fraction of sp³-hybridized carbons (Fsp3) is 0.296. The van der Waals surface area contributed by atoms with E-state index in [2.05, 4.69) is 53.1 Å². The Hall–Kier alpha value is -3.14. The fourth-order valence-electron chi connectivity index (χ4n) is 6.35. The molecule has 3 aromatic carbocycles. The lowest BCUT2D eigenvalue weighted by atomic mass is 9.68. The predicted octanol–water partition coefficient (Wildman–Crippen LogP) is 6.37. The van der Waals surface area contributed by atoms with Crippen molar-refractivity contribution in [3.63, 3.8) is 0 Å². The first-order valence-electron chi connectivity index (χ1n) is 11.2. The molecular formula is C27H25FN2O. The van der Waals surface area contributed by atoms with Crippen LogP contribution in [0.3, 0.4) is 0 Å². The van der Waals surface area contributed by atoms with Crippen molar-refractivity contribution in [2.75, 3.05) is 10.6 Å². The summed E-state index contributed by atoms with van der Waals surface area (Å²) in [4.78, 5) is 12.9. The molecule has 2 N–H and O–H groups in total. The average molecular weight is 413 g/mol. The second kappa shape index (κ2) is 7.23. The SMILES string of the molecule is O=C(Nc1ccc(F)cc1)c1ccc2c(c1)[C@@H]1[C@H]3CC[C@@H](C3)[C@@H]1[C@@H](c1ccccc1)N2. The van der Waals surface area contributed by atoms with Crippen LogP contribution in [0.25, 0.3) is 0 Å². The lowest BCUT2D eigenvalue weighted by molar-refractivity contribution is 0.102. The number of rotatable bonds is 3. The number of amides is 1. The number of hydrogen-bond acceptors (Lipinski definition) is 2. The van der Waals surface area contributed by atoms with Gasteiger partial charge in [0.15, 0.2) is 0 Å². The number of halogens is 1. The van der Waals surface area contributed by atoms with E-state index in [1.807, 2.05) is 6.07 Å². The molecule has 3 aromatic rings. The van der Waals surface area contributed by atoms with E-state index in [0.717, 1.165) is 11.6 Å². The Kier molecular flexibility index (Phi) is 4.34. The van der Waals surface area contributed by atoms with Crippen molar-refractivity contribution < 1.29 is 9.18 Å². The molecule has 31 heavy (non-hydrogen) atoms. The molecule has 1 aliphatic heterocycles. The Labute approximate surface area is 181 Å². The normalized spacial score (nSPS) is 27.8. The summed E-state index contributed by atoms with van der Waals surface area (Å²) in [5.74, 6) is 2.06. The number of carbonyl (C=O) groups excluding carboxylic acids is 1. The van der Waals surface area contributed by atoms with Gasteiger partial charge in [0, 0.05) is 16.9 Å². The fourth-order valence-corrected chi connectivity index (χ4v) is 6.35. The maximum Gasteiger partial charge on any atom is 0.255 e. The third-order valence-corrected chi connectivity index (χ3v) is 7.61. The van der Waals surface area contributed by atoms with E-state index in [0.29, 0.717) is 35.0 Å². The maximum absolute atomic E-state index is 13.2. The van der Waals surface area contributed by atoms with Crippen LogP contribution < -0.4 is 10.6 Å². The van der Waals surface area contributed by atoms with Crippen molar-refractivity contribution in [2.45, 2.75) is 31.2 Å². The van der Waals surface area contributed by atoms with Gasteiger partial charge >= 0.3 is 0 Å². The molecule has 0 spiro atoms. The Morgan fingerprint density at radius 3 is 2.52 bits per heavy atom. The van der Waals surface area contributed by atoms with E-state index in [1.165, 1.54) is 42.5 Å². The van der Waals surface area contributed by atoms with Crippen molar-refractivity contribution in [3.05, 3.63) is 95.3 Å². The van der Waals surface area contributed by atoms with Crippen LogP contribution in [-0.2, 0) is 0 Å². The molecule has 6 rings (SSSR count). The van der Waals surface area contributed by atoms with Gasteiger partial charge in [0.25, 0.3) is 5.91 Å². The van der Waals surface area contributed by atoms with E-state index in [1.54, 1.807) is 12.1 Å². The summed E-state index contributed by atoms with van der Waals surface area (Å²) in [6.45, 7) is 0. The summed E-state index contributed by atoms with van der Waals surface area (Å²) in [6.07, 6.45) is 3.90. The first-order valence-corrected chi connectivity index (χ1v) is 11.2. The Morgan fingerprint density at radius 1 is 0.935 bits per heavy atom. The van der Waals surface area contributed by atoms with Gasteiger partial charge in [0.2, 0.25) is 0 Å². The third-order valence-electron chi connectivity index (χ3n) is 7.61. The van der Waals surface area contributed by atoms with E-state index in [-0.39, 0.29) is 11.7 Å². The average Bonchev–Trinajstić information content (AvgIpc) is 3.43. The third kappa shape index (κ3) is 3.13. The molecule has 0 aromatic heterocycles. The molecule has 2 aliphatic carbocycles. The van der Waals surface area contributed by atoms with Crippen LogP contribution in [-0.4, -0.2) is 5.91 Å². The molecule has 0 saturated heterocycles. The topological polar surface area (TPSA) is 41.1 Å². The van der Waals surface area contributed by atoms with E-state index < -0.39 is 0 Å². The van der Waals surface area contributed by atoms with Crippen LogP contribution in [0, 0.1) is 23.6 Å². The van der Waals surface area contributed by atoms with Crippen LogP contribution >= 0.6 is 0 Å². The molecule has 5 atom stereocenters. The molecule has 156 valence electrons. The van der Waals surface area contributed by atoms with Crippen LogP contribution in [0.15, 0.2) is 72.8 Å². The lowest BCUT2D eigenvalue weighted by Crippen LogP contribution is -2.35. The summed E-state index contributed by atoms with van der Waals surface area (Å²) in [5, 5.41) is 6.71. The molecule has 2 bridgehead atoms. The number of carbonyl (C=O) groups is 1. The molecule has 2 fully saturated rings. The van der Waals surface area contributed by atoms with Gasteiger partial charge in [-0.3, -0.25) is 4.79 Å². The van der Waals surface area contributed by atoms with E-state index in [9.17, 15) is 9.18 Å². The standard InChI is InChI=1S/C27H25FN2O/c28-20-9-11-21(12-10-20)29-27(31)19-8-13-23-22(15-19)24-17-6-7-18(14-17)25(24)26(30-23)16-4-2-1-3-5-16/h1-5,8-13,15,17-18,24-26,30H,6-7,14H2,(H,29,31)/t17-,18-,24-,25-,26+/m0/s1. The van der Waals surface area contributed by atoms with Gasteiger partial charge in [-0.1, -0.05) is 30.3 Å². The minimum Gasteiger partial charge on any atom is -0.378 e. The number of nitrogens with one attached hydrogen (secondary N) is 2. The van der Waals surface area contributed by atoms with Crippen molar-refractivity contribution >= 4 is 17.3 Å². The van der Waals surface area contributed by atoms with Gasteiger partial charge in [-0.2, -0.15) is 0 Å². The largest absolute Gasteiger partial charge is 0.378 e. The number of fused-ring (bicyclic) bond motifs is 7. The minimum atomic E-state index is -0.312. The zero-order chi connectivity index (χ0) is 20.9. The van der Waals surface area contributed by atoms with Crippen molar-refractivity contribution in [2.24, 2.45) is 17.8 Å². The monoisotopic (exact) mass is 412 g/mol. The molecule has 4 heteroatoms. The highest BCUT2D eigenvalue weighted by Gasteiger charge is 2.53. The molecule has 0 radical (unpaired) electrons. The second-order valence-corrected chi connectivity index (χ2v) is 9.23. The molecule has 3 nitrogen and oxygen atoms in total. The first-order chi connectivity index (χ1) is 15.2. The zero-order valence-corrected chi connectivity index (χ0v) is 17.2. The molecule has 1 amide bonds. The Morgan fingerprint density at radius 2 is 1.71 bits per heavy atom. The van der Waals surface area contributed by atoms with Gasteiger partial charge in [0.1, 0.15) is 5.82 Å². The summed E-state index contributed by atoms with van der Waals surface area (Å²) in [5.41, 5.74) is 5.06. The minimum absolute atomic E-state index is 0.153. The van der Waals surface area contributed by atoms with E-state index in [4.69, 9.17) is 0 Å². The van der Waals surface area contributed by atoms with Crippen LogP contribution in [0.4, 0.5) is 15.8 Å². The zero-order valence-electron chi connectivity index (χ0n) is 17.2. The molecule has 2 saturated carbocycles. The quantitative estimate of drug-likeness (QED) is 0.524. The molecule has 0 unspecified atom stereocenters. The summed E-state index contributed by atoms with van der Waals surface area (Å²) < 4.78 is 13.2. The number of hydrogen-bond donors (Lipinski definition) is 2. The Bertz CT molecular complexity index is 1130. The van der Waals surface area contributed by atoms with Crippen molar-refractivity contribution in [1.82, 2.24) is 0 Å². The highest BCUT2D eigenvalue weighted by Crippen LogP contribution is 2.63. The number of benzene rings is 3. The van der Waals surface area contributed by atoms with Gasteiger partial charge < -0.3 is 10.6 Å². The van der Waals surface area contributed by atoms with Gasteiger partial charge in [-0.05, 0) is 96.5 Å². The smallest absolute Gasteiger partial charge is 0.255 e. The van der Waals surface area contributed by atoms with Crippen LogP contribution in [0.1, 0.15) is 52.7 Å². The van der Waals surface area contributed by atoms with Crippen molar-refractivity contribution in [3.8, 4) is 0 Å². The summed E-state index contributed by atoms with van der Waals surface area (Å²) >= 11 is 0. The van der Waals surface area contributed by atoms with Gasteiger partial charge in [-0.25, -0.2) is 4.39 Å². The molecular weight excluding hydrogens is 387 g/mol. The van der Waals surface area contributed by atoms with Crippen LogP contribution in [0.5, 0.6) is 0 Å². The van der Waals surface area contributed by atoms with Crippen molar-refractivity contribution in [1.29, 1.82) is 0 Å². The summed E-state index contributed by atoms with van der Waals surface area (Å²) in [6, 6.07) is 23.0. The summed E-state index contributed by atoms with van der Waals surface area (Å²) in [7, 11) is 0. The van der Waals surface area contributed by atoms with Crippen LogP contribution in [0.2, 0.25) is 0 Å². The van der Waals surface area contributed by atoms with Gasteiger partial charge in [0.05, 0.1) is 6.04 Å². The number of anilines is 2. The lowest BCUT2D eigenvalue weighted by Gasteiger charge is -2.43. The highest BCUT2D eigenvalue weighted by atomic mass is 19.1. The maximum atomic E-state index is 13.2. The van der Waals surface area contributed by atoms with Gasteiger partial charge in [-0.15, -0.1) is 0 Å². The predicted molar refractivity (Wildman–Crippen MR) is 121 cm³/mol. The highest BCUT2D eigenvalue weighted by molar-refractivity contribution is 6.04. The first kappa shape index (κ1) is 18.6. The van der Waals surface area contributed by atoms with E-state index >= 15 is 0 Å². The second-order valence-electron chi connectivity index (χ2n) is 9.23. The molecule has 1 heterocycles.